The number of hydrogen-bond donors (Lipinski definition) is 1. The van der Waals surface area contributed by atoms with E-state index in [-0.39, 0.29) is 0 Å². The minimum Gasteiger partial charge on any atom is -0.489 e. The van der Waals surface area contributed by atoms with E-state index in [4.69, 9.17) is 9.72 Å². The Balaban J connectivity index is 1.73. The Morgan fingerprint density at radius 3 is 2.62 bits per heavy atom. The van der Waals surface area contributed by atoms with Gasteiger partial charge >= 0.3 is 6.18 Å². The van der Waals surface area contributed by atoms with E-state index in [1.54, 1.807) is 4.40 Å². The molecule has 32 heavy (non-hydrogen) atoms. The molecule has 0 atom stereocenters. The van der Waals surface area contributed by atoms with Gasteiger partial charge in [-0.2, -0.15) is 13.2 Å². The number of ether oxygens (including phenoxy) is 1. The van der Waals surface area contributed by atoms with Crippen molar-refractivity contribution in [2.75, 3.05) is 32.8 Å². The Kier molecular flexibility index (Phi) is 6.53. The van der Waals surface area contributed by atoms with Gasteiger partial charge in [0.1, 0.15) is 18.0 Å². The Morgan fingerprint density at radius 1 is 1.12 bits per heavy atom. The number of pyridine rings is 1. The van der Waals surface area contributed by atoms with E-state index in [1.807, 2.05) is 31.2 Å². The molecule has 4 rings (SSSR count). The van der Waals surface area contributed by atoms with Gasteiger partial charge < -0.3 is 14.5 Å². The van der Waals surface area contributed by atoms with E-state index < -0.39 is 11.7 Å². The second kappa shape index (κ2) is 9.34. The maximum absolute atomic E-state index is 13.4. The molecule has 0 bridgehead atoms. The lowest BCUT2D eigenvalue weighted by Gasteiger charge is -2.20. The highest BCUT2D eigenvalue weighted by Gasteiger charge is 2.31. The van der Waals surface area contributed by atoms with E-state index in [0.717, 1.165) is 61.7 Å². The van der Waals surface area contributed by atoms with Crippen molar-refractivity contribution in [2.45, 2.75) is 26.1 Å². The van der Waals surface area contributed by atoms with Crippen molar-refractivity contribution in [2.24, 2.45) is 0 Å². The maximum atomic E-state index is 13.4. The van der Waals surface area contributed by atoms with E-state index in [9.17, 15) is 13.2 Å². The molecule has 3 heterocycles. The zero-order valence-electron chi connectivity index (χ0n) is 18.1. The van der Waals surface area contributed by atoms with Gasteiger partial charge in [0.15, 0.2) is 0 Å². The molecule has 1 aliphatic heterocycles. The van der Waals surface area contributed by atoms with Gasteiger partial charge in [0.05, 0.1) is 17.0 Å². The zero-order chi connectivity index (χ0) is 22.7. The minimum absolute atomic E-state index is 0.433. The molecule has 1 saturated heterocycles. The first-order valence-electron chi connectivity index (χ1n) is 10.7. The van der Waals surface area contributed by atoms with Gasteiger partial charge in [0.2, 0.25) is 0 Å². The summed E-state index contributed by atoms with van der Waals surface area (Å²) in [6, 6.07) is 10.0. The molecule has 5 nitrogen and oxygen atoms in total. The molecule has 0 aliphatic carbocycles. The van der Waals surface area contributed by atoms with Crippen LogP contribution >= 0.6 is 0 Å². The minimum atomic E-state index is -4.41. The quantitative estimate of drug-likeness (QED) is 0.556. The lowest BCUT2D eigenvalue weighted by molar-refractivity contribution is -0.137. The van der Waals surface area contributed by atoms with Crippen LogP contribution < -0.4 is 10.1 Å². The molecule has 1 aromatic carbocycles. The molecule has 1 aliphatic rings. The highest BCUT2D eigenvalue weighted by molar-refractivity contribution is 5.67. The van der Waals surface area contributed by atoms with Crippen LogP contribution in [0.1, 0.15) is 24.6 Å². The molecule has 1 N–H and O–H groups in total. The molecule has 3 aromatic rings. The molecule has 0 unspecified atom stereocenters. The fraction of sp³-hybridized carbons (Fsp3) is 0.375. The summed E-state index contributed by atoms with van der Waals surface area (Å²) in [4.78, 5) is 6.96. The van der Waals surface area contributed by atoms with Crippen LogP contribution in [0.4, 0.5) is 13.2 Å². The summed E-state index contributed by atoms with van der Waals surface area (Å²) in [5.41, 5.74) is 3.02. The number of benzene rings is 1. The Bertz CT molecular complexity index is 1080. The molecular formula is C24H27F3N4O. The highest BCUT2D eigenvalue weighted by Crippen LogP contribution is 2.32. The molecule has 0 amide bonds. The second-order valence-electron chi connectivity index (χ2n) is 8.20. The maximum Gasteiger partial charge on any atom is 0.417 e. The van der Waals surface area contributed by atoms with Crippen molar-refractivity contribution >= 4 is 5.65 Å². The van der Waals surface area contributed by atoms with Crippen molar-refractivity contribution < 1.29 is 17.9 Å². The van der Waals surface area contributed by atoms with Gasteiger partial charge in [-0.3, -0.25) is 4.90 Å². The van der Waals surface area contributed by atoms with Gasteiger partial charge in [0, 0.05) is 31.4 Å². The number of halogens is 3. The summed E-state index contributed by atoms with van der Waals surface area (Å²) < 4.78 is 47.4. The normalized spacial score (nSPS) is 15.6. The zero-order valence-corrected chi connectivity index (χ0v) is 18.1. The van der Waals surface area contributed by atoms with Crippen molar-refractivity contribution in [1.82, 2.24) is 19.6 Å². The summed E-state index contributed by atoms with van der Waals surface area (Å²) in [7, 11) is 0. The predicted octanol–water partition coefficient (Wildman–Crippen LogP) is 4.77. The van der Waals surface area contributed by atoms with Crippen molar-refractivity contribution in [3.63, 3.8) is 0 Å². The van der Waals surface area contributed by atoms with Crippen LogP contribution in [0, 0.1) is 0 Å². The SMILES string of the molecule is C=C(C)COc1ccc(-c2nc3ccc(C(F)(F)F)cn3c2CN2CCCNCC2)cc1. The summed E-state index contributed by atoms with van der Waals surface area (Å²) in [6.45, 7) is 10.2. The first-order chi connectivity index (χ1) is 15.3. The molecule has 2 aromatic heterocycles. The van der Waals surface area contributed by atoms with Crippen LogP contribution in [0.5, 0.6) is 5.75 Å². The van der Waals surface area contributed by atoms with Gasteiger partial charge in [0.25, 0.3) is 0 Å². The molecule has 0 saturated carbocycles. The first-order valence-corrected chi connectivity index (χ1v) is 10.7. The van der Waals surface area contributed by atoms with Crippen LogP contribution in [0.25, 0.3) is 16.9 Å². The molecular weight excluding hydrogens is 417 g/mol. The topological polar surface area (TPSA) is 41.8 Å². The third-order valence-corrected chi connectivity index (χ3v) is 5.46. The van der Waals surface area contributed by atoms with Crippen LogP contribution in [-0.4, -0.2) is 47.1 Å². The van der Waals surface area contributed by atoms with Crippen molar-refractivity contribution in [1.29, 1.82) is 0 Å². The number of aromatic nitrogens is 2. The first kappa shape index (κ1) is 22.4. The third-order valence-electron chi connectivity index (χ3n) is 5.46. The number of nitrogens with one attached hydrogen (secondary N) is 1. The smallest absolute Gasteiger partial charge is 0.417 e. The molecule has 0 spiro atoms. The largest absolute Gasteiger partial charge is 0.489 e. The number of nitrogens with zero attached hydrogens (tertiary/aromatic N) is 3. The average Bonchev–Trinajstić information content (AvgIpc) is 2.92. The Morgan fingerprint density at radius 2 is 1.91 bits per heavy atom. The summed E-state index contributed by atoms with van der Waals surface area (Å²) in [5.74, 6) is 0.708. The van der Waals surface area contributed by atoms with Crippen LogP contribution in [0.3, 0.4) is 0 Å². The van der Waals surface area contributed by atoms with Crippen LogP contribution in [-0.2, 0) is 12.7 Å². The van der Waals surface area contributed by atoms with Gasteiger partial charge in [-0.1, -0.05) is 6.58 Å². The summed E-state index contributed by atoms with van der Waals surface area (Å²) in [5, 5.41) is 3.36. The monoisotopic (exact) mass is 444 g/mol. The van der Waals surface area contributed by atoms with Crippen LogP contribution in [0.2, 0.25) is 0 Å². The van der Waals surface area contributed by atoms with E-state index in [2.05, 4.69) is 16.8 Å². The van der Waals surface area contributed by atoms with E-state index in [0.29, 0.717) is 30.2 Å². The number of hydrogen-bond acceptors (Lipinski definition) is 4. The third kappa shape index (κ3) is 5.14. The van der Waals surface area contributed by atoms with Gasteiger partial charge in [-0.15, -0.1) is 0 Å². The second-order valence-corrected chi connectivity index (χ2v) is 8.20. The fourth-order valence-electron chi connectivity index (χ4n) is 3.83. The molecule has 0 radical (unpaired) electrons. The van der Waals surface area contributed by atoms with Crippen molar-refractivity contribution in [3.8, 4) is 17.0 Å². The van der Waals surface area contributed by atoms with Gasteiger partial charge in [-0.05, 0) is 68.4 Å². The number of imidazole rings is 1. The van der Waals surface area contributed by atoms with E-state index >= 15 is 0 Å². The predicted molar refractivity (Wildman–Crippen MR) is 119 cm³/mol. The standard InChI is InChI=1S/C24H27F3N4O/c1-17(2)16-32-20-7-4-18(5-8-20)23-21(15-30-12-3-10-28-11-13-30)31-14-19(24(25,26)27)6-9-22(31)29-23/h4-9,14,28H,1,3,10-13,15-16H2,2H3. The number of fused-ring (bicyclic) bond motifs is 1. The molecule has 8 heteroatoms. The number of rotatable bonds is 6. The van der Waals surface area contributed by atoms with E-state index in [1.165, 1.54) is 6.07 Å². The summed E-state index contributed by atoms with van der Waals surface area (Å²) in [6.07, 6.45) is -2.26. The van der Waals surface area contributed by atoms with Crippen molar-refractivity contribution in [3.05, 3.63) is 66.0 Å². The fourth-order valence-corrected chi connectivity index (χ4v) is 3.83. The molecule has 1 fully saturated rings. The highest BCUT2D eigenvalue weighted by atomic mass is 19.4. The lowest BCUT2D eigenvalue weighted by atomic mass is 10.1. The summed E-state index contributed by atoms with van der Waals surface area (Å²) >= 11 is 0. The van der Waals surface area contributed by atoms with Gasteiger partial charge in [-0.25, -0.2) is 4.98 Å². The average molecular weight is 445 g/mol. The van der Waals surface area contributed by atoms with Crippen LogP contribution in [0.15, 0.2) is 54.7 Å². The Labute approximate surface area is 185 Å². The number of alkyl halides is 3. The molecule has 170 valence electrons. The lowest BCUT2D eigenvalue weighted by Crippen LogP contribution is -2.28. The Hall–Kier alpha value is -2.84.